The molecule has 0 bridgehead atoms. The maximum Gasteiger partial charge on any atom is 0.317 e. The van der Waals surface area contributed by atoms with E-state index in [9.17, 15) is 13.2 Å². The fourth-order valence-corrected chi connectivity index (χ4v) is 5.17. The van der Waals surface area contributed by atoms with E-state index in [1.807, 2.05) is 37.3 Å². The second-order valence-electron chi connectivity index (χ2n) is 7.48. The van der Waals surface area contributed by atoms with Crippen LogP contribution in [0.2, 0.25) is 0 Å². The molecule has 1 unspecified atom stereocenters. The van der Waals surface area contributed by atoms with Crippen molar-refractivity contribution < 1.29 is 17.9 Å². The summed E-state index contributed by atoms with van der Waals surface area (Å²) >= 11 is 3.41. The minimum absolute atomic E-state index is 0.103. The van der Waals surface area contributed by atoms with Gasteiger partial charge in [-0.15, -0.1) is 0 Å². The first-order valence-electron chi connectivity index (χ1n) is 10.3. The molecule has 1 heterocycles. The van der Waals surface area contributed by atoms with Gasteiger partial charge in [-0.25, -0.2) is 8.42 Å². The third-order valence-electron chi connectivity index (χ3n) is 5.28. The summed E-state index contributed by atoms with van der Waals surface area (Å²) in [6, 6.07) is 14.4. The molecule has 2 aromatic rings. The van der Waals surface area contributed by atoms with Crippen molar-refractivity contribution in [2.24, 2.45) is 5.92 Å². The van der Waals surface area contributed by atoms with E-state index in [1.54, 1.807) is 43.3 Å². The molecule has 1 atom stereocenters. The molecule has 0 saturated carbocycles. The Balaban J connectivity index is 1.92. The topological polar surface area (TPSA) is 63.7 Å². The van der Waals surface area contributed by atoms with Gasteiger partial charge in [-0.2, -0.15) is 4.31 Å². The van der Waals surface area contributed by atoms with Crippen LogP contribution in [0.3, 0.4) is 0 Å². The lowest BCUT2D eigenvalue weighted by molar-refractivity contribution is -0.145. The van der Waals surface area contributed by atoms with Crippen LogP contribution in [0.25, 0.3) is 6.08 Å². The fourth-order valence-electron chi connectivity index (χ4n) is 3.51. The van der Waals surface area contributed by atoms with E-state index in [4.69, 9.17) is 4.74 Å². The summed E-state index contributed by atoms with van der Waals surface area (Å²) in [7, 11) is -3.71. The zero-order chi connectivity index (χ0) is 23.3. The highest BCUT2D eigenvalue weighted by molar-refractivity contribution is 9.10. The van der Waals surface area contributed by atoms with Crippen LogP contribution in [0.5, 0.6) is 0 Å². The quantitative estimate of drug-likeness (QED) is 0.456. The van der Waals surface area contributed by atoms with Crippen molar-refractivity contribution in [1.29, 1.82) is 0 Å². The molecule has 5 nitrogen and oxygen atoms in total. The van der Waals surface area contributed by atoms with Crippen molar-refractivity contribution >= 4 is 38.0 Å². The molecule has 0 N–H and O–H groups in total. The van der Waals surface area contributed by atoms with Gasteiger partial charge in [0.1, 0.15) is 0 Å². The first-order valence-corrected chi connectivity index (χ1v) is 12.5. The first kappa shape index (κ1) is 24.2. The lowest BCUT2D eigenvalue weighted by Gasteiger charge is -2.18. The monoisotopic (exact) mass is 515 g/mol. The number of rotatable bonds is 8. The number of carbonyl (C=O) groups excluding carboxylic acids is 1. The number of halogens is 1. The summed E-state index contributed by atoms with van der Waals surface area (Å²) in [4.78, 5) is 13.0. The molecule has 2 aromatic carbocycles. The molecule has 0 aliphatic carbocycles. The molecular formula is C25H26BrNO4S. The second-order valence-corrected chi connectivity index (χ2v) is 10.3. The van der Waals surface area contributed by atoms with Gasteiger partial charge in [0.15, 0.2) is 0 Å². The first-order chi connectivity index (χ1) is 15.3. The van der Waals surface area contributed by atoms with Gasteiger partial charge >= 0.3 is 5.97 Å². The number of hydrogen-bond acceptors (Lipinski definition) is 4. The van der Waals surface area contributed by atoms with Crippen LogP contribution in [0.1, 0.15) is 18.1 Å². The highest BCUT2D eigenvalue weighted by atomic mass is 79.9. The van der Waals surface area contributed by atoms with Crippen LogP contribution >= 0.6 is 15.9 Å². The number of benzene rings is 2. The minimum Gasteiger partial charge on any atom is -0.465 e. The highest BCUT2D eigenvalue weighted by Crippen LogP contribution is 2.31. The van der Waals surface area contributed by atoms with Gasteiger partial charge in [-0.3, -0.25) is 4.79 Å². The fraction of sp³-hybridized carbons (Fsp3) is 0.240. The number of carbonyl (C=O) groups is 1. The average molecular weight is 516 g/mol. The van der Waals surface area contributed by atoms with Crippen LogP contribution in [-0.4, -0.2) is 38.4 Å². The molecule has 1 aliphatic rings. The Bertz CT molecular complexity index is 1150. The van der Waals surface area contributed by atoms with E-state index in [0.717, 1.165) is 21.2 Å². The van der Waals surface area contributed by atoms with Crippen molar-refractivity contribution in [2.75, 3.05) is 19.7 Å². The van der Waals surface area contributed by atoms with E-state index in [0.29, 0.717) is 5.57 Å². The van der Waals surface area contributed by atoms with E-state index in [2.05, 4.69) is 22.5 Å². The van der Waals surface area contributed by atoms with Gasteiger partial charge in [-0.1, -0.05) is 70.6 Å². The molecule has 0 aromatic heterocycles. The standard InChI is InChI=1S/C25H26BrNO4S/c1-4-20-16-27(32(29,30)22-13-6-18(3)7-14-22)17-24(20)23(25(28)31-5-2)15-10-19-8-11-21(26)12-9-19/h4,6-15,23H,1,5,16-17H2,2-3H3/b15-10+. The molecule has 0 saturated heterocycles. The van der Waals surface area contributed by atoms with Crippen LogP contribution in [0.4, 0.5) is 0 Å². The summed E-state index contributed by atoms with van der Waals surface area (Å²) < 4.78 is 34.1. The van der Waals surface area contributed by atoms with Crippen LogP contribution < -0.4 is 0 Å². The largest absolute Gasteiger partial charge is 0.465 e. The third-order valence-corrected chi connectivity index (χ3v) is 7.61. The predicted molar refractivity (Wildman–Crippen MR) is 130 cm³/mol. The van der Waals surface area contributed by atoms with Crippen LogP contribution in [0.15, 0.2) is 87.8 Å². The Morgan fingerprint density at radius 3 is 2.41 bits per heavy atom. The molecule has 3 rings (SSSR count). The predicted octanol–water partition coefficient (Wildman–Crippen LogP) is 5.14. The van der Waals surface area contributed by atoms with Crippen molar-refractivity contribution in [3.05, 3.63) is 94.0 Å². The minimum atomic E-state index is -3.71. The molecule has 168 valence electrons. The number of ether oxygens (including phenoxy) is 1. The number of nitrogens with zero attached hydrogens (tertiary/aromatic N) is 1. The van der Waals surface area contributed by atoms with Crippen molar-refractivity contribution in [3.63, 3.8) is 0 Å². The average Bonchev–Trinajstić information content (AvgIpc) is 3.21. The number of hydrogen-bond donors (Lipinski definition) is 0. The maximum absolute atomic E-state index is 13.2. The van der Waals surface area contributed by atoms with Gasteiger partial charge in [-0.05, 0) is 54.8 Å². The van der Waals surface area contributed by atoms with Crippen LogP contribution in [0, 0.1) is 12.8 Å². The third kappa shape index (κ3) is 5.46. The van der Waals surface area contributed by atoms with Gasteiger partial charge in [0, 0.05) is 17.6 Å². The Hall–Kier alpha value is -2.48. The summed E-state index contributed by atoms with van der Waals surface area (Å²) in [6.45, 7) is 8.01. The van der Waals surface area contributed by atoms with Crippen molar-refractivity contribution in [1.82, 2.24) is 4.31 Å². The van der Waals surface area contributed by atoms with E-state index >= 15 is 0 Å². The molecule has 0 spiro atoms. The number of sulfonamides is 1. The molecular weight excluding hydrogens is 490 g/mol. The van der Waals surface area contributed by atoms with E-state index < -0.39 is 21.9 Å². The van der Waals surface area contributed by atoms with Gasteiger partial charge < -0.3 is 4.74 Å². The van der Waals surface area contributed by atoms with Crippen molar-refractivity contribution in [2.45, 2.75) is 18.7 Å². The molecule has 32 heavy (non-hydrogen) atoms. The normalized spacial score (nSPS) is 15.8. The molecule has 0 fully saturated rings. The zero-order valence-corrected chi connectivity index (χ0v) is 20.5. The summed E-state index contributed by atoms with van der Waals surface area (Å²) in [6.07, 6.45) is 5.24. The Labute approximate surface area is 198 Å². The van der Waals surface area contributed by atoms with E-state index in [1.165, 1.54) is 4.31 Å². The number of esters is 1. The smallest absolute Gasteiger partial charge is 0.317 e. The molecule has 1 aliphatic heterocycles. The maximum atomic E-state index is 13.2. The Kier molecular flexibility index (Phi) is 7.87. The summed E-state index contributed by atoms with van der Waals surface area (Å²) in [5.41, 5.74) is 3.31. The van der Waals surface area contributed by atoms with Crippen molar-refractivity contribution in [3.8, 4) is 0 Å². The van der Waals surface area contributed by atoms with Crippen LogP contribution in [-0.2, 0) is 19.6 Å². The molecule has 7 heteroatoms. The lowest BCUT2D eigenvalue weighted by atomic mass is 9.94. The SMILES string of the molecule is C=CC1=C(C(/C=C/c2ccc(Br)cc2)C(=O)OCC)CN(S(=O)(=O)c2ccc(C)cc2)C1. The Morgan fingerprint density at radius 2 is 1.81 bits per heavy atom. The zero-order valence-electron chi connectivity index (χ0n) is 18.1. The highest BCUT2D eigenvalue weighted by Gasteiger charge is 2.36. The molecule has 0 amide bonds. The summed E-state index contributed by atoms with van der Waals surface area (Å²) in [5, 5.41) is 0. The van der Waals surface area contributed by atoms with Gasteiger partial charge in [0.2, 0.25) is 10.0 Å². The number of aryl methyl sites for hydroxylation is 1. The van der Waals surface area contributed by atoms with Gasteiger partial charge in [0.25, 0.3) is 0 Å². The second kappa shape index (κ2) is 10.4. The molecule has 0 radical (unpaired) electrons. The van der Waals surface area contributed by atoms with Gasteiger partial charge in [0.05, 0.1) is 17.4 Å². The Morgan fingerprint density at radius 1 is 1.16 bits per heavy atom. The summed E-state index contributed by atoms with van der Waals surface area (Å²) in [5.74, 6) is -1.12. The van der Waals surface area contributed by atoms with E-state index in [-0.39, 0.29) is 24.6 Å². The lowest BCUT2D eigenvalue weighted by Crippen LogP contribution is -2.31.